The molecule has 0 aliphatic rings. The Hall–Kier alpha value is -2.62. The molecule has 0 saturated carbocycles. The molecule has 0 aliphatic heterocycles. The second kappa shape index (κ2) is 10.2. The number of methoxy groups -OCH3 is 1. The molecule has 0 amide bonds. The van der Waals surface area contributed by atoms with Gasteiger partial charge in [0, 0.05) is 0 Å². The Morgan fingerprint density at radius 2 is 1.83 bits per heavy atom. The number of hydrogen-bond acceptors (Lipinski definition) is 4. The van der Waals surface area contributed by atoms with Crippen LogP contribution in [0.5, 0.6) is 5.75 Å². The number of benzene rings is 2. The van der Waals surface area contributed by atoms with Gasteiger partial charge >= 0.3 is 5.97 Å². The Balaban J connectivity index is 0.00000139. The predicted octanol–water partition coefficient (Wildman–Crippen LogP) is 4.13. The molecule has 0 unspecified atom stereocenters. The zero-order valence-corrected chi connectivity index (χ0v) is 14.7. The number of carbonyl (C=O) groups excluding carboxylic acids is 2. The number of hydrogen-bond donors (Lipinski definition) is 0. The summed E-state index contributed by atoms with van der Waals surface area (Å²) in [7, 11) is 1.34. The lowest BCUT2D eigenvalue weighted by molar-refractivity contribution is -0.139. The monoisotopic (exact) mass is 328 g/mol. The van der Waals surface area contributed by atoms with Gasteiger partial charge in [-0.25, -0.2) is 0 Å². The lowest BCUT2D eigenvalue weighted by atomic mass is 10.1. The number of esters is 1. The third-order valence-corrected chi connectivity index (χ3v) is 3.42. The maximum atomic E-state index is 11.3. The number of ether oxygens (including phenoxy) is 2. The molecule has 0 fully saturated rings. The summed E-state index contributed by atoms with van der Waals surface area (Å²) in [6.45, 7) is 6.41. The molecule has 0 atom stereocenters. The molecule has 4 heteroatoms. The Labute approximate surface area is 143 Å². The van der Waals surface area contributed by atoms with E-state index in [-0.39, 0.29) is 12.4 Å². The molecule has 2 aromatic rings. The van der Waals surface area contributed by atoms with Crippen LogP contribution < -0.4 is 4.74 Å². The van der Waals surface area contributed by atoms with E-state index >= 15 is 0 Å². The lowest BCUT2D eigenvalue weighted by Crippen LogP contribution is -2.05. The van der Waals surface area contributed by atoms with Crippen molar-refractivity contribution in [2.45, 2.75) is 33.8 Å². The van der Waals surface area contributed by atoms with Crippen molar-refractivity contribution in [1.29, 1.82) is 0 Å². The number of aryl methyl sites for hydroxylation is 1. The second-order valence-electron chi connectivity index (χ2n) is 4.96. The van der Waals surface area contributed by atoms with Crippen LogP contribution >= 0.6 is 0 Å². The van der Waals surface area contributed by atoms with Crippen molar-refractivity contribution in [1.82, 2.24) is 0 Å². The van der Waals surface area contributed by atoms with Gasteiger partial charge in [-0.3, -0.25) is 9.59 Å². The van der Waals surface area contributed by atoms with Crippen LogP contribution in [-0.4, -0.2) is 19.4 Å². The fraction of sp³-hybridized carbons (Fsp3) is 0.300. The fourth-order valence-electron chi connectivity index (χ4n) is 2.10. The van der Waals surface area contributed by atoms with Crippen molar-refractivity contribution in [2.75, 3.05) is 7.11 Å². The molecule has 2 rings (SSSR count). The summed E-state index contributed by atoms with van der Waals surface area (Å²) in [6.07, 6.45) is 0.864. The van der Waals surface area contributed by atoms with Gasteiger partial charge < -0.3 is 9.47 Å². The summed E-state index contributed by atoms with van der Waals surface area (Å²) >= 11 is 0. The molecule has 0 heterocycles. The highest BCUT2D eigenvalue weighted by Crippen LogP contribution is 2.21. The first-order chi connectivity index (χ1) is 11.6. The van der Waals surface area contributed by atoms with Crippen LogP contribution in [0.1, 0.15) is 40.9 Å². The summed E-state index contributed by atoms with van der Waals surface area (Å²) in [4.78, 5) is 22.5. The highest BCUT2D eigenvalue weighted by atomic mass is 16.5. The van der Waals surface area contributed by atoms with Crippen LogP contribution in [0, 0.1) is 6.92 Å². The molecule has 4 nitrogen and oxygen atoms in total. The number of carbonyl (C=O) groups is 2. The largest absolute Gasteiger partial charge is 0.488 e. The molecule has 0 aliphatic carbocycles. The molecule has 2 aromatic carbocycles. The predicted molar refractivity (Wildman–Crippen MR) is 94.4 cm³/mol. The van der Waals surface area contributed by atoms with Crippen molar-refractivity contribution >= 4 is 12.3 Å². The van der Waals surface area contributed by atoms with Gasteiger partial charge in [0.15, 0.2) is 6.29 Å². The third-order valence-electron chi connectivity index (χ3n) is 3.42. The molecule has 0 spiro atoms. The van der Waals surface area contributed by atoms with Crippen LogP contribution in [0.25, 0.3) is 0 Å². The molecule has 24 heavy (non-hydrogen) atoms. The topological polar surface area (TPSA) is 52.6 Å². The molecule has 0 N–H and O–H groups in total. The van der Waals surface area contributed by atoms with Crippen LogP contribution in [0.4, 0.5) is 0 Å². The van der Waals surface area contributed by atoms with E-state index in [2.05, 4.69) is 4.74 Å². The Morgan fingerprint density at radius 3 is 2.46 bits per heavy atom. The van der Waals surface area contributed by atoms with E-state index in [9.17, 15) is 9.59 Å². The van der Waals surface area contributed by atoms with Gasteiger partial charge in [0.2, 0.25) is 0 Å². The van der Waals surface area contributed by atoms with Gasteiger partial charge in [-0.05, 0) is 35.7 Å². The van der Waals surface area contributed by atoms with Gasteiger partial charge in [0.05, 0.1) is 19.1 Å². The molecule has 0 radical (unpaired) electrons. The van der Waals surface area contributed by atoms with Gasteiger partial charge in [-0.1, -0.05) is 44.2 Å². The van der Waals surface area contributed by atoms with E-state index in [0.29, 0.717) is 17.9 Å². The smallest absolute Gasteiger partial charge is 0.309 e. The van der Waals surface area contributed by atoms with Crippen molar-refractivity contribution in [3.63, 3.8) is 0 Å². The molecular weight excluding hydrogens is 304 g/mol. The zero-order chi connectivity index (χ0) is 17.9. The van der Waals surface area contributed by atoms with E-state index in [1.165, 1.54) is 7.11 Å². The van der Waals surface area contributed by atoms with Crippen LogP contribution in [0.2, 0.25) is 0 Å². The third kappa shape index (κ3) is 5.54. The minimum atomic E-state index is -0.342. The molecule has 128 valence electrons. The van der Waals surface area contributed by atoms with Gasteiger partial charge in [0.25, 0.3) is 0 Å². The average Bonchev–Trinajstić information content (AvgIpc) is 2.63. The maximum absolute atomic E-state index is 11.3. The maximum Gasteiger partial charge on any atom is 0.309 e. The minimum absolute atomic E-state index is 0.134. The SMILES string of the molecule is CC.COC(=O)Cc1ccc(OCc2ccccc2C)c(C=O)c1. The second-order valence-corrected chi connectivity index (χ2v) is 4.96. The number of rotatable bonds is 6. The van der Waals surface area contributed by atoms with E-state index in [1.54, 1.807) is 18.2 Å². The average molecular weight is 328 g/mol. The van der Waals surface area contributed by atoms with E-state index < -0.39 is 0 Å². The summed E-state index contributed by atoms with van der Waals surface area (Å²) in [6, 6.07) is 13.0. The Bertz CT molecular complexity index is 677. The normalized spacial score (nSPS) is 9.50. The summed E-state index contributed by atoms with van der Waals surface area (Å²) in [5.41, 5.74) is 3.35. The first-order valence-corrected chi connectivity index (χ1v) is 7.96. The summed E-state index contributed by atoms with van der Waals surface area (Å²) in [5, 5.41) is 0. The van der Waals surface area contributed by atoms with Gasteiger partial charge in [-0.15, -0.1) is 0 Å². The fourth-order valence-corrected chi connectivity index (χ4v) is 2.10. The van der Waals surface area contributed by atoms with Gasteiger partial charge in [0.1, 0.15) is 12.4 Å². The van der Waals surface area contributed by atoms with E-state index in [0.717, 1.165) is 23.0 Å². The van der Waals surface area contributed by atoms with Crippen molar-refractivity contribution in [3.05, 3.63) is 64.7 Å². The van der Waals surface area contributed by atoms with E-state index in [1.807, 2.05) is 45.0 Å². The minimum Gasteiger partial charge on any atom is -0.488 e. The van der Waals surface area contributed by atoms with E-state index in [4.69, 9.17) is 4.74 Å². The molecular formula is C20H24O4. The Morgan fingerprint density at radius 1 is 1.12 bits per heavy atom. The quantitative estimate of drug-likeness (QED) is 0.591. The van der Waals surface area contributed by atoms with Crippen molar-refractivity contribution < 1.29 is 19.1 Å². The molecule has 0 aromatic heterocycles. The first kappa shape index (κ1) is 19.4. The van der Waals surface area contributed by atoms with Gasteiger partial charge in [-0.2, -0.15) is 0 Å². The lowest BCUT2D eigenvalue weighted by Gasteiger charge is -2.11. The summed E-state index contributed by atoms with van der Waals surface area (Å²) in [5.74, 6) is 0.164. The van der Waals surface area contributed by atoms with Crippen molar-refractivity contribution in [3.8, 4) is 5.75 Å². The first-order valence-electron chi connectivity index (χ1n) is 7.96. The summed E-state index contributed by atoms with van der Waals surface area (Å²) < 4.78 is 10.4. The molecule has 0 saturated heterocycles. The Kier molecular flexibility index (Phi) is 8.26. The van der Waals surface area contributed by atoms with Crippen LogP contribution in [-0.2, 0) is 22.6 Å². The van der Waals surface area contributed by atoms with Crippen LogP contribution in [0.3, 0.4) is 0 Å². The highest BCUT2D eigenvalue weighted by Gasteiger charge is 2.09. The van der Waals surface area contributed by atoms with Crippen LogP contribution in [0.15, 0.2) is 42.5 Å². The molecule has 0 bridgehead atoms. The highest BCUT2D eigenvalue weighted by molar-refractivity contribution is 5.81. The van der Waals surface area contributed by atoms with Crippen molar-refractivity contribution in [2.24, 2.45) is 0 Å². The number of aldehydes is 1. The zero-order valence-electron chi connectivity index (χ0n) is 14.7. The standard InChI is InChI=1S/C18H18O4.C2H6/c1-13-5-3-4-6-15(13)12-22-17-8-7-14(9-16(17)11-19)10-18(20)21-2;1-2/h3-9,11H,10,12H2,1-2H3;1-2H3.